The summed E-state index contributed by atoms with van der Waals surface area (Å²) in [6.07, 6.45) is 0.803. The summed E-state index contributed by atoms with van der Waals surface area (Å²) in [4.78, 5) is 20.9. The Hall–Kier alpha value is -4.60. The number of fused-ring (bicyclic) bond motifs is 1. The topological polar surface area (TPSA) is 126 Å². The smallest absolute Gasteiger partial charge is 0.216 e. The van der Waals surface area contributed by atoms with Crippen LogP contribution in [0.25, 0.3) is 33.7 Å². The Labute approximate surface area is 214 Å². The molecule has 3 heterocycles. The van der Waals surface area contributed by atoms with Gasteiger partial charge in [-0.3, -0.25) is 4.79 Å². The maximum absolute atomic E-state index is 11.1. The highest BCUT2D eigenvalue weighted by molar-refractivity contribution is 5.81. The van der Waals surface area contributed by atoms with Crippen molar-refractivity contribution in [1.29, 1.82) is 0 Å². The van der Waals surface area contributed by atoms with Crippen molar-refractivity contribution in [2.75, 3.05) is 18.4 Å². The van der Waals surface area contributed by atoms with E-state index in [-0.39, 0.29) is 5.91 Å². The lowest BCUT2D eigenvalue weighted by Gasteiger charge is -2.12. The summed E-state index contributed by atoms with van der Waals surface area (Å²) in [5.41, 5.74) is 7.03. The minimum atomic E-state index is -0.0450. The Morgan fingerprint density at radius 3 is 2.51 bits per heavy atom. The van der Waals surface area contributed by atoms with Crippen LogP contribution < -0.4 is 10.6 Å². The summed E-state index contributed by atoms with van der Waals surface area (Å²) in [5.74, 6) is 2.29. The lowest BCUT2D eigenvalue weighted by Crippen LogP contribution is -2.26. The number of pyridine rings is 1. The third-order valence-electron chi connectivity index (χ3n) is 6.21. The van der Waals surface area contributed by atoms with E-state index in [1.807, 2.05) is 24.3 Å². The Bertz CT molecular complexity index is 1520. The number of amides is 1. The lowest BCUT2D eigenvalue weighted by atomic mass is 9.98. The van der Waals surface area contributed by atoms with E-state index >= 15 is 0 Å². The molecule has 0 saturated carbocycles. The van der Waals surface area contributed by atoms with Gasteiger partial charge in [0.1, 0.15) is 17.2 Å². The van der Waals surface area contributed by atoms with Crippen molar-refractivity contribution in [3.63, 3.8) is 0 Å². The van der Waals surface area contributed by atoms with Gasteiger partial charge in [0, 0.05) is 32.0 Å². The van der Waals surface area contributed by atoms with Gasteiger partial charge in [0.25, 0.3) is 0 Å². The van der Waals surface area contributed by atoms with E-state index in [0.29, 0.717) is 25.5 Å². The second-order valence-corrected chi connectivity index (χ2v) is 8.85. The van der Waals surface area contributed by atoms with Gasteiger partial charge in [-0.2, -0.15) is 5.21 Å². The average Bonchev–Trinajstić information content (AvgIpc) is 3.56. The van der Waals surface area contributed by atoms with Gasteiger partial charge in [-0.15, -0.1) is 10.2 Å². The second kappa shape index (κ2) is 10.6. The Morgan fingerprint density at radius 2 is 1.81 bits per heavy atom. The molecule has 0 aliphatic heterocycles. The predicted octanol–water partition coefficient (Wildman–Crippen LogP) is 3.75. The van der Waals surface area contributed by atoms with Crippen molar-refractivity contribution >= 4 is 22.9 Å². The van der Waals surface area contributed by atoms with Crippen molar-refractivity contribution < 1.29 is 4.79 Å². The third kappa shape index (κ3) is 5.18. The SMILES string of the molecule is CCc1nc2c(C)cc(NCCNC(C)=O)nc2n1Cc1ccc(-c2ccccc2-c2nn[nH]n2)cc1. The van der Waals surface area contributed by atoms with E-state index in [1.165, 1.54) is 6.92 Å². The lowest BCUT2D eigenvalue weighted by molar-refractivity contribution is -0.118. The van der Waals surface area contributed by atoms with Gasteiger partial charge in [-0.1, -0.05) is 55.5 Å². The number of aromatic nitrogens is 7. The average molecular weight is 496 g/mol. The number of benzene rings is 2. The minimum Gasteiger partial charge on any atom is -0.368 e. The molecule has 2 aromatic carbocycles. The molecule has 3 aromatic heterocycles. The van der Waals surface area contributed by atoms with Crippen LogP contribution in [0.4, 0.5) is 5.82 Å². The van der Waals surface area contributed by atoms with Gasteiger partial charge in [0.2, 0.25) is 11.7 Å². The van der Waals surface area contributed by atoms with Crippen LogP contribution in [0.5, 0.6) is 0 Å². The number of nitrogens with zero attached hydrogens (tertiary/aromatic N) is 6. The van der Waals surface area contributed by atoms with Gasteiger partial charge in [0.05, 0.1) is 6.54 Å². The first-order valence-corrected chi connectivity index (χ1v) is 12.3. The van der Waals surface area contributed by atoms with E-state index in [1.54, 1.807) is 0 Å². The zero-order valence-corrected chi connectivity index (χ0v) is 21.1. The molecule has 10 heteroatoms. The molecule has 0 saturated heterocycles. The van der Waals surface area contributed by atoms with Crippen LogP contribution in [0.2, 0.25) is 0 Å². The molecule has 1 amide bonds. The summed E-state index contributed by atoms with van der Waals surface area (Å²) < 4.78 is 2.18. The monoisotopic (exact) mass is 495 g/mol. The number of aryl methyl sites for hydroxylation is 2. The summed E-state index contributed by atoms with van der Waals surface area (Å²) in [5, 5.41) is 20.6. The molecule has 188 valence electrons. The molecule has 0 atom stereocenters. The fourth-order valence-electron chi connectivity index (χ4n) is 4.42. The maximum Gasteiger partial charge on any atom is 0.216 e. The molecule has 5 rings (SSSR count). The number of tetrazole rings is 1. The van der Waals surface area contributed by atoms with Crippen LogP contribution in [-0.2, 0) is 17.8 Å². The van der Waals surface area contributed by atoms with E-state index in [2.05, 4.69) is 80.0 Å². The van der Waals surface area contributed by atoms with Crippen LogP contribution in [0, 0.1) is 6.92 Å². The number of carbonyl (C=O) groups is 1. The first kappa shape index (κ1) is 24.1. The molecule has 3 N–H and O–H groups in total. The normalized spacial score (nSPS) is 11.1. The number of rotatable bonds is 9. The summed E-state index contributed by atoms with van der Waals surface area (Å²) in [6.45, 7) is 7.47. The quantitative estimate of drug-likeness (QED) is 0.266. The van der Waals surface area contributed by atoms with Crippen molar-refractivity contribution in [1.82, 2.24) is 40.5 Å². The van der Waals surface area contributed by atoms with Crippen molar-refractivity contribution in [2.45, 2.75) is 33.7 Å². The number of imidazole rings is 1. The number of aromatic amines is 1. The van der Waals surface area contributed by atoms with Crippen LogP contribution >= 0.6 is 0 Å². The molecule has 0 unspecified atom stereocenters. The first-order chi connectivity index (χ1) is 18.0. The summed E-state index contributed by atoms with van der Waals surface area (Å²) in [6, 6.07) is 18.5. The highest BCUT2D eigenvalue weighted by Crippen LogP contribution is 2.30. The number of hydrogen-bond donors (Lipinski definition) is 3. The molecular formula is C27H29N9O. The molecule has 5 aromatic rings. The fraction of sp³-hybridized carbons (Fsp3) is 0.259. The molecule has 0 spiro atoms. The number of H-pyrrole nitrogens is 1. The molecule has 0 fully saturated rings. The molecule has 0 aliphatic carbocycles. The highest BCUT2D eigenvalue weighted by Gasteiger charge is 2.15. The standard InChI is InChI=1S/C27H29N9O/c1-4-24-31-25-17(2)15-23(29-14-13-28-18(3)37)30-27(25)36(24)16-19-9-11-20(12-10-19)21-7-5-6-8-22(21)26-32-34-35-33-26/h5-12,15H,4,13-14,16H2,1-3H3,(H,28,37)(H,29,30)(H,32,33,34,35). The van der Waals surface area contributed by atoms with Crippen LogP contribution in [0.1, 0.15) is 30.8 Å². The van der Waals surface area contributed by atoms with E-state index in [4.69, 9.17) is 9.97 Å². The van der Waals surface area contributed by atoms with Crippen LogP contribution in [0.3, 0.4) is 0 Å². The van der Waals surface area contributed by atoms with E-state index in [0.717, 1.165) is 57.0 Å². The summed E-state index contributed by atoms with van der Waals surface area (Å²) >= 11 is 0. The molecule has 10 nitrogen and oxygen atoms in total. The second-order valence-electron chi connectivity index (χ2n) is 8.85. The van der Waals surface area contributed by atoms with Crippen molar-refractivity contribution in [2.24, 2.45) is 0 Å². The van der Waals surface area contributed by atoms with Crippen molar-refractivity contribution in [3.8, 4) is 22.5 Å². The molecule has 0 aliphatic rings. The molecule has 0 radical (unpaired) electrons. The molecule has 0 bridgehead atoms. The number of carbonyl (C=O) groups excluding carboxylic acids is 1. The fourth-order valence-corrected chi connectivity index (χ4v) is 4.42. The highest BCUT2D eigenvalue weighted by atomic mass is 16.1. The summed E-state index contributed by atoms with van der Waals surface area (Å²) in [7, 11) is 0. The third-order valence-corrected chi connectivity index (χ3v) is 6.21. The molecular weight excluding hydrogens is 466 g/mol. The van der Waals surface area contributed by atoms with Crippen molar-refractivity contribution in [3.05, 3.63) is 71.5 Å². The molecule has 37 heavy (non-hydrogen) atoms. The first-order valence-electron chi connectivity index (χ1n) is 12.3. The van der Waals surface area contributed by atoms with Crippen LogP contribution in [-0.4, -0.2) is 54.2 Å². The Kier molecular flexibility index (Phi) is 6.89. The number of nitrogens with one attached hydrogen (secondary N) is 3. The number of anilines is 1. The maximum atomic E-state index is 11.1. The zero-order chi connectivity index (χ0) is 25.8. The predicted molar refractivity (Wildman–Crippen MR) is 143 cm³/mol. The Balaban J connectivity index is 1.42. The van der Waals surface area contributed by atoms with E-state index < -0.39 is 0 Å². The van der Waals surface area contributed by atoms with Gasteiger partial charge in [-0.05, 0) is 40.5 Å². The van der Waals surface area contributed by atoms with Gasteiger partial charge >= 0.3 is 0 Å². The zero-order valence-electron chi connectivity index (χ0n) is 21.1. The number of hydrogen-bond acceptors (Lipinski definition) is 7. The van der Waals surface area contributed by atoms with Gasteiger partial charge in [0.15, 0.2) is 5.65 Å². The van der Waals surface area contributed by atoms with Gasteiger partial charge < -0.3 is 15.2 Å². The minimum absolute atomic E-state index is 0.0450. The van der Waals surface area contributed by atoms with Crippen LogP contribution in [0.15, 0.2) is 54.6 Å². The van der Waals surface area contributed by atoms with Gasteiger partial charge in [-0.25, -0.2) is 9.97 Å². The Morgan fingerprint density at radius 1 is 1.03 bits per heavy atom. The largest absolute Gasteiger partial charge is 0.368 e. The van der Waals surface area contributed by atoms with E-state index in [9.17, 15) is 4.79 Å².